The van der Waals surface area contributed by atoms with Gasteiger partial charge in [0.15, 0.2) is 5.11 Å². The summed E-state index contributed by atoms with van der Waals surface area (Å²) in [5, 5.41) is 5.71. The second kappa shape index (κ2) is 11.5. The van der Waals surface area contributed by atoms with Crippen LogP contribution in [0, 0.1) is 11.6 Å². The number of thiocarbonyl (C=S) groups is 1. The Morgan fingerprint density at radius 2 is 1.19 bits per heavy atom. The van der Waals surface area contributed by atoms with Gasteiger partial charge < -0.3 is 9.80 Å². The van der Waals surface area contributed by atoms with Crippen molar-refractivity contribution in [2.45, 2.75) is 24.5 Å². The standard InChI is InChI=1S/C27H24F2N4O2S2/c28-23-5-1-20(2-6-23)17-32(18-22-13-15-31-16-14-22)27(36)33(19-21-3-7-24(29)8-4-21)25-9-11-26(12-10-25)37(30,34)35/h1-16H,17-19H2,(H2,30,34,35). The molecular weight excluding hydrogens is 514 g/mol. The second-order valence-corrected chi connectivity index (χ2v) is 10.3. The number of sulfonamides is 1. The van der Waals surface area contributed by atoms with Crippen LogP contribution >= 0.6 is 12.2 Å². The van der Waals surface area contributed by atoms with Crippen molar-refractivity contribution < 1.29 is 17.2 Å². The lowest BCUT2D eigenvalue weighted by molar-refractivity contribution is 0.405. The minimum absolute atomic E-state index is 0.0242. The first-order valence-electron chi connectivity index (χ1n) is 11.3. The molecule has 0 bridgehead atoms. The van der Waals surface area contributed by atoms with Gasteiger partial charge in [0, 0.05) is 31.2 Å². The lowest BCUT2D eigenvalue weighted by Gasteiger charge is -2.34. The summed E-state index contributed by atoms with van der Waals surface area (Å²) in [7, 11) is -3.87. The van der Waals surface area contributed by atoms with Gasteiger partial charge in [0.2, 0.25) is 10.0 Å². The Hall–Kier alpha value is -3.73. The van der Waals surface area contributed by atoms with Crippen molar-refractivity contribution in [1.29, 1.82) is 0 Å². The van der Waals surface area contributed by atoms with Crippen LogP contribution in [0.4, 0.5) is 14.5 Å². The molecule has 1 aromatic heterocycles. The molecule has 0 unspecified atom stereocenters. The van der Waals surface area contributed by atoms with Gasteiger partial charge in [0.1, 0.15) is 11.6 Å². The number of benzene rings is 3. The molecule has 1 heterocycles. The van der Waals surface area contributed by atoms with Crippen LogP contribution in [0.2, 0.25) is 0 Å². The molecule has 6 nitrogen and oxygen atoms in total. The van der Waals surface area contributed by atoms with Crippen LogP contribution in [0.15, 0.2) is 102 Å². The van der Waals surface area contributed by atoms with E-state index in [1.165, 1.54) is 36.4 Å². The SMILES string of the molecule is NS(=O)(=O)c1ccc(N(Cc2ccc(F)cc2)C(=S)N(Cc2ccncc2)Cc2ccc(F)cc2)cc1. The Morgan fingerprint density at radius 1 is 0.730 bits per heavy atom. The van der Waals surface area contributed by atoms with E-state index in [1.54, 1.807) is 48.8 Å². The first-order valence-corrected chi connectivity index (χ1v) is 13.2. The zero-order chi connectivity index (χ0) is 26.4. The number of halogens is 2. The number of nitrogens with zero attached hydrogens (tertiary/aromatic N) is 3. The second-order valence-electron chi connectivity index (χ2n) is 8.37. The third-order valence-electron chi connectivity index (χ3n) is 5.64. The molecule has 2 N–H and O–H groups in total. The fourth-order valence-electron chi connectivity index (χ4n) is 3.74. The van der Waals surface area contributed by atoms with Gasteiger partial charge in [-0.15, -0.1) is 0 Å². The number of nitrogens with two attached hydrogens (primary N) is 1. The molecule has 4 aromatic rings. The van der Waals surface area contributed by atoms with E-state index in [4.69, 9.17) is 17.4 Å². The summed E-state index contributed by atoms with van der Waals surface area (Å²) < 4.78 is 50.6. The van der Waals surface area contributed by atoms with E-state index < -0.39 is 10.0 Å². The fraction of sp³-hybridized carbons (Fsp3) is 0.111. The molecule has 0 saturated heterocycles. The highest BCUT2D eigenvalue weighted by Crippen LogP contribution is 2.24. The number of aromatic nitrogens is 1. The molecule has 37 heavy (non-hydrogen) atoms. The Balaban J connectivity index is 1.72. The molecule has 0 spiro atoms. The summed E-state index contributed by atoms with van der Waals surface area (Å²) >= 11 is 5.98. The van der Waals surface area contributed by atoms with E-state index in [1.807, 2.05) is 21.9 Å². The van der Waals surface area contributed by atoms with Crippen molar-refractivity contribution in [3.63, 3.8) is 0 Å². The third-order valence-corrected chi connectivity index (χ3v) is 7.05. The van der Waals surface area contributed by atoms with Gasteiger partial charge >= 0.3 is 0 Å². The molecule has 0 atom stereocenters. The van der Waals surface area contributed by atoms with E-state index in [-0.39, 0.29) is 16.5 Å². The predicted molar refractivity (Wildman–Crippen MR) is 143 cm³/mol. The quantitative estimate of drug-likeness (QED) is 0.318. The smallest absolute Gasteiger partial charge is 0.238 e. The number of hydrogen-bond acceptors (Lipinski definition) is 4. The predicted octanol–water partition coefficient (Wildman–Crippen LogP) is 5.00. The van der Waals surface area contributed by atoms with E-state index in [9.17, 15) is 17.2 Å². The molecule has 10 heteroatoms. The van der Waals surface area contributed by atoms with Crippen LogP contribution in [0.3, 0.4) is 0 Å². The summed E-state index contributed by atoms with van der Waals surface area (Å²) in [5.74, 6) is -0.689. The van der Waals surface area contributed by atoms with Gasteiger partial charge in [0.25, 0.3) is 0 Å². The maximum Gasteiger partial charge on any atom is 0.238 e. The highest BCUT2D eigenvalue weighted by Gasteiger charge is 2.21. The van der Waals surface area contributed by atoms with E-state index >= 15 is 0 Å². The van der Waals surface area contributed by atoms with Crippen molar-refractivity contribution >= 4 is 33.0 Å². The number of anilines is 1. The summed E-state index contributed by atoms with van der Waals surface area (Å²) in [6, 6.07) is 22.1. The number of rotatable bonds is 8. The van der Waals surface area contributed by atoms with Crippen molar-refractivity contribution in [2.24, 2.45) is 5.14 Å². The van der Waals surface area contributed by atoms with Gasteiger partial charge in [-0.3, -0.25) is 4.98 Å². The lowest BCUT2D eigenvalue weighted by Crippen LogP contribution is -2.42. The number of primary sulfonamides is 1. The number of hydrogen-bond donors (Lipinski definition) is 1. The molecule has 4 rings (SSSR count). The van der Waals surface area contributed by atoms with Crippen LogP contribution in [0.25, 0.3) is 0 Å². The maximum absolute atomic E-state index is 13.6. The van der Waals surface area contributed by atoms with E-state index in [0.29, 0.717) is 30.4 Å². The van der Waals surface area contributed by atoms with Crippen LogP contribution in [0.1, 0.15) is 16.7 Å². The summed E-state index contributed by atoms with van der Waals surface area (Å²) in [4.78, 5) is 7.83. The molecule has 190 valence electrons. The highest BCUT2D eigenvalue weighted by molar-refractivity contribution is 7.89. The van der Waals surface area contributed by atoms with Gasteiger partial charge in [-0.1, -0.05) is 24.3 Å². The molecule has 0 aliphatic rings. The van der Waals surface area contributed by atoms with Crippen LogP contribution < -0.4 is 10.0 Å². The van der Waals surface area contributed by atoms with Crippen molar-refractivity contribution in [3.8, 4) is 0 Å². The van der Waals surface area contributed by atoms with Gasteiger partial charge in [0.05, 0.1) is 11.4 Å². The molecule has 0 radical (unpaired) electrons. The Labute approximate surface area is 220 Å². The summed E-state index contributed by atoms with van der Waals surface area (Å²) in [5.41, 5.74) is 3.24. The Kier molecular flexibility index (Phi) is 8.22. The van der Waals surface area contributed by atoms with Gasteiger partial charge in [-0.2, -0.15) is 0 Å². The topological polar surface area (TPSA) is 79.5 Å². The monoisotopic (exact) mass is 538 g/mol. The Morgan fingerprint density at radius 3 is 1.68 bits per heavy atom. The average Bonchev–Trinajstić information content (AvgIpc) is 2.89. The first kappa shape index (κ1) is 26.3. The van der Waals surface area contributed by atoms with Crippen LogP contribution in [-0.4, -0.2) is 23.4 Å². The fourth-order valence-corrected chi connectivity index (χ4v) is 4.55. The summed E-state index contributed by atoms with van der Waals surface area (Å²) in [6.45, 7) is 1.12. The molecule has 0 amide bonds. The molecule has 3 aromatic carbocycles. The van der Waals surface area contributed by atoms with Crippen molar-refractivity contribution in [2.75, 3.05) is 4.90 Å². The third kappa shape index (κ3) is 7.16. The lowest BCUT2D eigenvalue weighted by atomic mass is 10.1. The van der Waals surface area contributed by atoms with Crippen LogP contribution in [0.5, 0.6) is 0 Å². The van der Waals surface area contributed by atoms with Gasteiger partial charge in [-0.05, 0) is 89.6 Å². The van der Waals surface area contributed by atoms with E-state index in [0.717, 1.165) is 16.7 Å². The normalized spacial score (nSPS) is 11.2. The van der Waals surface area contributed by atoms with Gasteiger partial charge in [-0.25, -0.2) is 22.3 Å². The van der Waals surface area contributed by atoms with Crippen LogP contribution in [-0.2, 0) is 29.7 Å². The zero-order valence-corrected chi connectivity index (χ0v) is 21.3. The molecular formula is C27H24F2N4O2S2. The minimum atomic E-state index is -3.87. The Bertz CT molecular complexity index is 1450. The first-order chi connectivity index (χ1) is 17.7. The molecule has 0 saturated carbocycles. The van der Waals surface area contributed by atoms with E-state index in [2.05, 4.69) is 4.98 Å². The average molecular weight is 539 g/mol. The molecule has 0 fully saturated rings. The van der Waals surface area contributed by atoms with Crippen molar-refractivity contribution in [1.82, 2.24) is 9.88 Å². The largest absolute Gasteiger partial charge is 0.340 e. The summed E-state index contributed by atoms with van der Waals surface area (Å²) in [6.07, 6.45) is 3.38. The minimum Gasteiger partial charge on any atom is -0.340 e. The highest BCUT2D eigenvalue weighted by atomic mass is 32.2. The van der Waals surface area contributed by atoms with Crippen molar-refractivity contribution in [3.05, 3.63) is 126 Å². The number of pyridine rings is 1. The maximum atomic E-state index is 13.6. The zero-order valence-electron chi connectivity index (χ0n) is 19.7. The molecule has 0 aliphatic heterocycles. The molecule has 0 aliphatic carbocycles.